The molecule has 0 aliphatic rings. The van der Waals surface area contributed by atoms with Crippen LogP contribution in [0.4, 0.5) is 14.6 Å². The lowest BCUT2D eigenvalue weighted by Gasteiger charge is -2.05. The number of nitrogens with one attached hydrogen (secondary N) is 1. The van der Waals surface area contributed by atoms with Crippen molar-refractivity contribution in [2.45, 2.75) is 6.61 Å². The first-order valence-corrected chi connectivity index (χ1v) is 8.24. The summed E-state index contributed by atoms with van der Waals surface area (Å²) in [5.74, 6) is -0.156. The lowest BCUT2D eigenvalue weighted by Crippen LogP contribution is -2.22. The Bertz CT molecular complexity index is 983. The largest absolute Gasteiger partial charge is 0.435 e. The summed E-state index contributed by atoms with van der Waals surface area (Å²) in [6.07, 6.45) is 1.51. The van der Waals surface area contributed by atoms with Crippen LogP contribution >= 0.6 is 11.3 Å². The van der Waals surface area contributed by atoms with Gasteiger partial charge >= 0.3 is 12.3 Å². The van der Waals surface area contributed by atoms with Crippen molar-refractivity contribution in [3.8, 4) is 16.2 Å². The Hall–Kier alpha value is -3.07. The molecule has 134 valence electrons. The molecule has 0 fully saturated rings. The summed E-state index contributed by atoms with van der Waals surface area (Å²) in [6.45, 7) is -2.87. The van der Waals surface area contributed by atoms with E-state index in [9.17, 15) is 18.4 Å². The second kappa shape index (κ2) is 7.44. The molecule has 0 saturated carbocycles. The van der Waals surface area contributed by atoms with E-state index in [2.05, 4.69) is 15.0 Å². The SMILES string of the molecule is Cn1ccc(NC(=O)c2ccc(-c3ccc(OC(F)F)cc3)s2)nc1=O. The predicted octanol–water partition coefficient (Wildman–Crippen LogP) is 3.36. The van der Waals surface area contributed by atoms with E-state index in [0.717, 1.165) is 10.4 Å². The van der Waals surface area contributed by atoms with Crippen LogP contribution in [-0.4, -0.2) is 22.1 Å². The van der Waals surface area contributed by atoms with Crippen molar-refractivity contribution in [3.63, 3.8) is 0 Å². The molecule has 9 heteroatoms. The van der Waals surface area contributed by atoms with E-state index in [1.54, 1.807) is 31.3 Å². The number of carbonyl (C=O) groups excluding carboxylic acids is 1. The number of hydrogen-bond acceptors (Lipinski definition) is 5. The number of rotatable bonds is 5. The van der Waals surface area contributed by atoms with Gasteiger partial charge in [-0.2, -0.15) is 13.8 Å². The first kappa shape index (κ1) is 17.7. The highest BCUT2D eigenvalue weighted by atomic mass is 32.1. The highest BCUT2D eigenvalue weighted by Gasteiger charge is 2.12. The Morgan fingerprint density at radius 2 is 1.92 bits per heavy atom. The smallest absolute Gasteiger partial charge is 0.387 e. The van der Waals surface area contributed by atoms with Crippen LogP contribution in [0.25, 0.3) is 10.4 Å². The number of anilines is 1. The van der Waals surface area contributed by atoms with Crippen LogP contribution in [0.15, 0.2) is 53.5 Å². The second-order valence-electron chi connectivity index (χ2n) is 5.23. The van der Waals surface area contributed by atoms with Crippen LogP contribution in [0.5, 0.6) is 5.75 Å². The third-order valence-electron chi connectivity index (χ3n) is 3.41. The summed E-state index contributed by atoms with van der Waals surface area (Å²) in [5.41, 5.74) is 0.295. The highest BCUT2D eigenvalue weighted by molar-refractivity contribution is 7.17. The van der Waals surface area contributed by atoms with Gasteiger partial charge in [-0.25, -0.2) is 4.79 Å². The van der Waals surface area contributed by atoms with Crippen LogP contribution in [0, 0.1) is 0 Å². The maximum atomic E-state index is 12.3. The van der Waals surface area contributed by atoms with E-state index in [1.807, 2.05) is 0 Å². The minimum Gasteiger partial charge on any atom is -0.435 e. The molecule has 0 aliphatic heterocycles. The normalized spacial score (nSPS) is 10.8. The number of nitrogens with zero attached hydrogens (tertiary/aromatic N) is 2. The number of halogens is 2. The Balaban J connectivity index is 1.73. The molecule has 0 radical (unpaired) electrons. The fourth-order valence-corrected chi connectivity index (χ4v) is 3.04. The first-order chi connectivity index (χ1) is 12.4. The number of aryl methyl sites for hydroxylation is 1. The molecule has 1 amide bonds. The van der Waals surface area contributed by atoms with Gasteiger partial charge in [-0.3, -0.25) is 4.79 Å². The van der Waals surface area contributed by atoms with Gasteiger partial charge in [-0.05, 0) is 48.0 Å². The maximum absolute atomic E-state index is 12.3. The molecule has 2 aromatic heterocycles. The van der Waals surface area contributed by atoms with E-state index in [0.29, 0.717) is 4.88 Å². The minimum absolute atomic E-state index is 0.0648. The molecule has 26 heavy (non-hydrogen) atoms. The van der Waals surface area contributed by atoms with E-state index in [1.165, 1.54) is 40.3 Å². The fraction of sp³-hybridized carbons (Fsp3) is 0.118. The van der Waals surface area contributed by atoms with Crippen molar-refractivity contribution in [2.24, 2.45) is 7.05 Å². The summed E-state index contributed by atoms with van der Waals surface area (Å²) in [6, 6.07) is 11.0. The van der Waals surface area contributed by atoms with Crippen molar-refractivity contribution in [2.75, 3.05) is 5.32 Å². The molecule has 0 unspecified atom stereocenters. The summed E-state index contributed by atoms with van der Waals surface area (Å²) in [7, 11) is 1.56. The predicted molar refractivity (Wildman–Crippen MR) is 93.8 cm³/mol. The van der Waals surface area contributed by atoms with Crippen molar-refractivity contribution >= 4 is 23.1 Å². The second-order valence-corrected chi connectivity index (χ2v) is 6.31. The molecular formula is C17H13F2N3O3S. The van der Waals surface area contributed by atoms with Gasteiger partial charge < -0.3 is 14.6 Å². The molecule has 1 aromatic carbocycles. The average molecular weight is 377 g/mol. The van der Waals surface area contributed by atoms with Crippen LogP contribution in [0.1, 0.15) is 9.67 Å². The molecule has 3 rings (SSSR count). The molecule has 6 nitrogen and oxygen atoms in total. The molecule has 2 heterocycles. The summed E-state index contributed by atoms with van der Waals surface area (Å²) < 4.78 is 29.9. The number of hydrogen-bond donors (Lipinski definition) is 1. The van der Waals surface area contributed by atoms with Crippen molar-refractivity contribution in [3.05, 3.63) is 64.0 Å². The maximum Gasteiger partial charge on any atom is 0.387 e. The number of aromatic nitrogens is 2. The van der Waals surface area contributed by atoms with E-state index < -0.39 is 12.3 Å². The average Bonchev–Trinajstić information content (AvgIpc) is 3.08. The highest BCUT2D eigenvalue weighted by Crippen LogP contribution is 2.30. The quantitative estimate of drug-likeness (QED) is 0.740. The standard InChI is InChI=1S/C17H13F2N3O3S/c1-22-9-8-14(21-17(22)24)20-15(23)13-7-6-12(26-13)10-2-4-11(5-3-10)25-16(18)19/h2-9,16H,1H3,(H,20,21,23,24). The van der Waals surface area contributed by atoms with Gasteiger partial charge in [0, 0.05) is 18.1 Å². The summed E-state index contributed by atoms with van der Waals surface area (Å²) in [5, 5.41) is 2.57. The van der Waals surface area contributed by atoms with Gasteiger partial charge in [0.2, 0.25) is 0 Å². The molecular weight excluding hydrogens is 364 g/mol. The molecule has 0 saturated heterocycles. The van der Waals surface area contributed by atoms with Crippen LogP contribution in [0.2, 0.25) is 0 Å². The van der Waals surface area contributed by atoms with Gasteiger partial charge in [0.25, 0.3) is 5.91 Å². The minimum atomic E-state index is -2.87. The monoisotopic (exact) mass is 377 g/mol. The number of alkyl halides is 2. The number of ether oxygens (including phenoxy) is 1. The van der Waals surface area contributed by atoms with Gasteiger partial charge in [0.1, 0.15) is 11.6 Å². The number of carbonyl (C=O) groups is 1. The summed E-state index contributed by atoms with van der Waals surface area (Å²) >= 11 is 1.23. The van der Waals surface area contributed by atoms with Gasteiger partial charge in [0.05, 0.1) is 4.88 Å². The van der Waals surface area contributed by atoms with Crippen molar-refractivity contribution in [1.29, 1.82) is 0 Å². The Labute approximate surface area is 150 Å². The van der Waals surface area contributed by atoms with E-state index in [-0.39, 0.29) is 17.5 Å². The molecule has 3 aromatic rings. The number of thiophene rings is 1. The Morgan fingerprint density at radius 3 is 2.58 bits per heavy atom. The molecule has 0 atom stereocenters. The van der Waals surface area contributed by atoms with Crippen molar-refractivity contribution < 1.29 is 18.3 Å². The zero-order chi connectivity index (χ0) is 18.7. The van der Waals surface area contributed by atoms with E-state index in [4.69, 9.17) is 0 Å². The van der Waals surface area contributed by atoms with Gasteiger partial charge in [0.15, 0.2) is 0 Å². The first-order valence-electron chi connectivity index (χ1n) is 7.42. The lowest BCUT2D eigenvalue weighted by atomic mass is 10.2. The van der Waals surface area contributed by atoms with Crippen LogP contribution < -0.4 is 15.7 Å². The molecule has 0 spiro atoms. The number of benzene rings is 1. The molecule has 1 N–H and O–H groups in total. The third-order valence-corrected chi connectivity index (χ3v) is 4.54. The fourth-order valence-electron chi connectivity index (χ4n) is 2.13. The zero-order valence-corrected chi connectivity index (χ0v) is 14.3. The van der Waals surface area contributed by atoms with Crippen molar-refractivity contribution in [1.82, 2.24) is 9.55 Å². The van der Waals surface area contributed by atoms with Crippen LogP contribution in [-0.2, 0) is 7.05 Å². The molecule has 0 aliphatic carbocycles. The Morgan fingerprint density at radius 1 is 1.19 bits per heavy atom. The lowest BCUT2D eigenvalue weighted by molar-refractivity contribution is -0.0498. The van der Waals surface area contributed by atoms with E-state index >= 15 is 0 Å². The van der Waals surface area contributed by atoms with Crippen LogP contribution in [0.3, 0.4) is 0 Å². The van der Waals surface area contributed by atoms with Gasteiger partial charge in [-0.1, -0.05) is 0 Å². The number of amides is 1. The zero-order valence-electron chi connectivity index (χ0n) is 13.5. The Kier molecular flexibility index (Phi) is 5.08. The van der Waals surface area contributed by atoms with Gasteiger partial charge in [-0.15, -0.1) is 11.3 Å². The molecule has 0 bridgehead atoms. The topological polar surface area (TPSA) is 73.2 Å². The third kappa shape index (κ3) is 4.12. The summed E-state index contributed by atoms with van der Waals surface area (Å²) in [4.78, 5) is 28.7.